The molecule has 0 aromatic rings. The fraction of sp³-hybridized carbons (Fsp3) is 1.00. The van der Waals surface area contributed by atoms with Crippen molar-refractivity contribution < 1.29 is 4.74 Å². The Labute approximate surface area is 183 Å². The van der Waals surface area contributed by atoms with Crippen molar-refractivity contribution in [2.45, 2.75) is 77.3 Å². The molecule has 5 heteroatoms. The Morgan fingerprint density at radius 3 is 1.24 bits per heavy atom. The Balaban J connectivity index is 4.64. The summed E-state index contributed by atoms with van der Waals surface area (Å²) >= 11 is 0. The Kier molecular flexibility index (Phi) is 18.4. The van der Waals surface area contributed by atoms with Crippen LogP contribution in [0, 0.1) is 0 Å². The van der Waals surface area contributed by atoms with Crippen LogP contribution < -0.4 is 0 Å². The Morgan fingerprint density at radius 1 is 0.552 bits per heavy atom. The molecule has 5 nitrogen and oxygen atoms in total. The largest absolute Gasteiger partial charge is 0.378 e. The molecule has 0 saturated heterocycles. The van der Waals surface area contributed by atoms with Gasteiger partial charge >= 0.3 is 0 Å². The van der Waals surface area contributed by atoms with Crippen molar-refractivity contribution in [2.24, 2.45) is 0 Å². The van der Waals surface area contributed by atoms with E-state index in [0.29, 0.717) is 12.1 Å². The van der Waals surface area contributed by atoms with Crippen LogP contribution in [0.5, 0.6) is 0 Å². The predicted octanol–water partition coefficient (Wildman–Crippen LogP) is 3.89. The fourth-order valence-electron chi connectivity index (χ4n) is 3.54. The molecular formula is C24H54N4O. The molecule has 176 valence electrons. The van der Waals surface area contributed by atoms with Gasteiger partial charge in [0.05, 0.1) is 13.2 Å². The van der Waals surface area contributed by atoms with E-state index in [1.165, 1.54) is 51.4 Å². The average molecular weight is 415 g/mol. The molecule has 0 aromatic carbocycles. The van der Waals surface area contributed by atoms with E-state index in [1.54, 1.807) is 0 Å². The molecule has 0 aliphatic rings. The minimum Gasteiger partial charge on any atom is -0.378 e. The van der Waals surface area contributed by atoms with Crippen molar-refractivity contribution in [2.75, 3.05) is 81.7 Å². The third-order valence-electron chi connectivity index (χ3n) is 5.95. The van der Waals surface area contributed by atoms with Gasteiger partial charge in [-0.1, -0.05) is 52.4 Å². The molecule has 0 fully saturated rings. The van der Waals surface area contributed by atoms with Crippen LogP contribution in [0.1, 0.15) is 65.2 Å². The van der Waals surface area contributed by atoms with Crippen molar-refractivity contribution in [3.05, 3.63) is 0 Å². The number of ether oxygens (including phenoxy) is 1. The maximum Gasteiger partial charge on any atom is 0.0622 e. The monoisotopic (exact) mass is 414 g/mol. The van der Waals surface area contributed by atoms with Crippen LogP contribution in [0.3, 0.4) is 0 Å². The summed E-state index contributed by atoms with van der Waals surface area (Å²) in [6, 6.07) is 1.06. The quantitative estimate of drug-likeness (QED) is 0.281. The van der Waals surface area contributed by atoms with Gasteiger partial charge in [0.2, 0.25) is 0 Å². The molecule has 2 atom stereocenters. The topological polar surface area (TPSA) is 22.2 Å². The number of hydrogen-bond donors (Lipinski definition) is 0. The minimum atomic E-state index is 0.532. The standard InChI is InChI=1S/C24H54N4O/c1-9-11-13-15-23(27(7)19-17-25(3)4)21-29-22-24(16-14-12-10-2)28(8)20-18-26(5)6/h23-24H,9-22H2,1-8H3. The van der Waals surface area contributed by atoms with Crippen molar-refractivity contribution in [1.82, 2.24) is 19.6 Å². The minimum absolute atomic E-state index is 0.532. The van der Waals surface area contributed by atoms with Gasteiger partial charge in [0.15, 0.2) is 0 Å². The molecule has 0 spiro atoms. The molecule has 0 N–H and O–H groups in total. The smallest absolute Gasteiger partial charge is 0.0622 e. The first-order valence-corrected chi connectivity index (χ1v) is 12.1. The second-order valence-corrected chi connectivity index (χ2v) is 9.40. The summed E-state index contributed by atoms with van der Waals surface area (Å²) < 4.78 is 6.36. The van der Waals surface area contributed by atoms with Gasteiger partial charge in [-0.25, -0.2) is 0 Å². The Morgan fingerprint density at radius 2 is 0.931 bits per heavy atom. The van der Waals surface area contributed by atoms with E-state index in [1.807, 2.05) is 0 Å². The molecule has 0 aliphatic carbocycles. The SMILES string of the molecule is CCCCCC(COCC(CCCCC)N(C)CCN(C)C)N(C)CCN(C)C. The molecule has 0 bridgehead atoms. The number of rotatable bonds is 20. The van der Waals surface area contributed by atoms with Crippen LogP contribution in [0.2, 0.25) is 0 Å². The summed E-state index contributed by atoms with van der Waals surface area (Å²) in [7, 11) is 13.2. The van der Waals surface area contributed by atoms with Gasteiger partial charge < -0.3 is 14.5 Å². The Hall–Kier alpha value is -0.200. The average Bonchev–Trinajstić information content (AvgIpc) is 2.67. The molecule has 0 amide bonds. The molecule has 0 rings (SSSR count). The summed E-state index contributed by atoms with van der Waals surface area (Å²) in [5.41, 5.74) is 0. The predicted molar refractivity (Wildman–Crippen MR) is 129 cm³/mol. The zero-order valence-electron chi connectivity index (χ0n) is 21.3. The molecule has 2 unspecified atom stereocenters. The maximum absolute atomic E-state index is 6.36. The third kappa shape index (κ3) is 16.2. The second-order valence-electron chi connectivity index (χ2n) is 9.40. The van der Waals surface area contributed by atoms with Crippen molar-refractivity contribution in [3.8, 4) is 0 Å². The highest BCUT2D eigenvalue weighted by Crippen LogP contribution is 2.13. The summed E-state index contributed by atoms with van der Waals surface area (Å²) in [5, 5.41) is 0. The van der Waals surface area contributed by atoms with E-state index in [2.05, 4.69) is 75.7 Å². The van der Waals surface area contributed by atoms with Gasteiger partial charge in [0.25, 0.3) is 0 Å². The lowest BCUT2D eigenvalue weighted by Gasteiger charge is -2.32. The zero-order chi connectivity index (χ0) is 22.1. The first-order chi connectivity index (χ1) is 13.8. The van der Waals surface area contributed by atoms with Crippen LogP contribution in [-0.2, 0) is 4.74 Å². The molecule has 0 heterocycles. The Bertz CT molecular complexity index is 320. The van der Waals surface area contributed by atoms with Crippen molar-refractivity contribution >= 4 is 0 Å². The van der Waals surface area contributed by atoms with Crippen LogP contribution in [0.4, 0.5) is 0 Å². The van der Waals surface area contributed by atoms with Gasteiger partial charge in [-0.05, 0) is 55.1 Å². The van der Waals surface area contributed by atoms with Gasteiger partial charge in [0.1, 0.15) is 0 Å². The molecule has 29 heavy (non-hydrogen) atoms. The van der Waals surface area contributed by atoms with Crippen molar-refractivity contribution in [1.29, 1.82) is 0 Å². The lowest BCUT2D eigenvalue weighted by Crippen LogP contribution is -2.42. The summed E-state index contributed by atoms with van der Waals surface area (Å²) in [4.78, 5) is 9.56. The molecule has 0 aliphatic heterocycles. The number of nitrogens with zero attached hydrogens (tertiary/aromatic N) is 4. The van der Waals surface area contributed by atoms with Crippen molar-refractivity contribution in [3.63, 3.8) is 0 Å². The summed E-state index contributed by atoms with van der Waals surface area (Å²) in [6.45, 7) is 10.7. The summed E-state index contributed by atoms with van der Waals surface area (Å²) in [6.07, 6.45) is 10.3. The highest BCUT2D eigenvalue weighted by molar-refractivity contribution is 4.73. The highest BCUT2D eigenvalue weighted by Gasteiger charge is 2.18. The lowest BCUT2D eigenvalue weighted by atomic mass is 10.1. The van der Waals surface area contributed by atoms with Gasteiger partial charge in [-0.15, -0.1) is 0 Å². The second kappa shape index (κ2) is 18.6. The van der Waals surface area contributed by atoms with Crippen LogP contribution in [0.15, 0.2) is 0 Å². The lowest BCUT2D eigenvalue weighted by molar-refractivity contribution is 0.0256. The first kappa shape index (κ1) is 28.8. The molecule has 0 aromatic heterocycles. The van der Waals surface area contributed by atoms with Gasteiger partial charge in [-0.2, -0.15) is 0 Å². The van der Waals surface area contributed by atoms with Gasteiger partial charge in [0, 0.05) is 38.3 Å². The first-order valence-electron chi connectivity index (χ1n) is 12.1. The zero-order valence-corrected chi connectivity index (χ0v) is 21.3. The van der Waals surface area contributed by atoms with E-state index < -0.39 is 0 Å². The molecular weight excluding hydrogens is 360 g/mol. The van der Waals surface area contributed by atoms with Crippen LogP contribution in [0.25, 0.3) is 0 Å². The molecule has 0 saturated carbocycles. The van der Waals surface area contributed by atoms with E-state index >= 15 is 0 Å². The summed E-state index contributed by atoms with van der Waals surface area (Å²) in [5.74, 6) is 0. The third-order valence-corrected chi connectivity index (χ3v) is 5.95. The number of unbranched alkanes of at least 4 members (excludes halogenated alkanes) is 4. The van der Waals surface area contributed by atoms with Gasteiger partial charge in [-0.3, -0.25) is 9.80 Å². The van der Waals surface area contributed by atoms with E-state index in [-0.39, 0.29) is 0 Å². The number of likely N-dealkylation sites (N-methyl/N-ethyl adjacent to an activating group) is 4. The molecule has 0 radical (unpaired) electrons. The fourth-order valence-corrected chi connectivity index (χ4v) is 3.54. The number of hydrogen-bond acceptors (Lipinski definition) is 5. The highest BCUT2D eigenvalue weighted by atomic mass is 16.5. The van der Waals surface area contributed by atoms with E-state index in [4.69, 9.17) is 4.74 Å². The van der Waals surface area contributed by atoms with E-state index in [9.17, 15) is 0 Å². The van der Waals surface area contributed by atoms with E-state index in [0.717, 1.165) is 39.4 Å². The normalized spacial score (nSPS) is 14.5. The maximum atomic E-state index is 6.36. The van der Waals surface area contributed by atoms with Crippen LogP contribution >= 0.6 is 0 Å². The van der Waals surface area contributed by atoms with Crippen LogP contribution in [-0.4, -0.2) is 113 Å².